The molecule has 1 aromatic heterocycles. The number of urea groups is 1. The summed E-state index contributed by atoms with van der Waals surface area (Å²) in [6, 6.07) is 5.92. The van der Waals surface area contributed by atoms with Gasteiger partial charge in [0.05, 0.1) is 17.3 Å². The van der Waals surface area contributed by atoms with Gasteiger partial charge >= 0.3 is 12.2 Å². The summed E-state index contributed by atoms with van der Waals surface area (Å²) in [5.41, 5.74) is -0.469. The molecule has 8 heteroatoms. The van der Waals surface area contributed by atoms with Crippen LogP contribution in [-0.2, 0) is 12.6 Å². The van der Waals surface area contributed by atoms with Crippen LogP contribution in [0, 0.1) is 0 Å². The number of aromatic nitrogens is 1. The van der Waals surface area contributed by atoms with E-state index in [4.69, 9.17) is 4.52 Å². The highest BCUT2D eigenvalue weighted by atomic mass is 19.4. The summed E-state index contributed by atoms with van der Waals surface area (Å²) in [5, 5.41) is 6.44. The largest absolute Gasteiger partial charge is 0.418 e. The van der Waals surface area contributed by atoms with Crippen molar-refractivity contribution in [2.45, 2.75) is 44.8 Å². The molecule has 1 aliphatic rings. The monoisotopic (exact) mass is 367 g/mol. The first kappa shape index (κ1) is 18.3. The summed E-state index contributed by atoms with van der Waals surface area (Å²) in [4.78, 5) is 14.1. The molecule has 1 aromatic carbocycles. The van der Waals surface area contributed by atoms with E-state index in [-0.39, 0.29) is 11.7 Å². The molecule has 0 radical (unpaired) electrons. The summed E-state index contributed by atoms with van der Waals surface area (Å²) < 4.78 is 44.6. The second-order valence-corrected chi connectivity index (χ2v) is 6.29. The number of anilines is 1. The fourth-order valence-corrected chi connectivity index (χ4v) is 3.19. The van der Waals surface area contributed by atoms with Crippen LogP contribution in [0.15, 0.2) is 34.9 Å². The van der Waals surface area contributed by atoms with Crippen molar-refractivity contribution in [2.75, 3.05) is 11.9 Å². The number of nitrogens with one attached hydrogen (secondary N) is 1. The molecule has 1 N–H and O–H groups in total. The van der Waals surface area contributed by atoms with Crippen LogP contribution in [0.4, 0.5) is 23.7 Å². The number of benzene rings is 1. The molecule has 0 aliphatic carbocycles. The summed E-state index contributed by atoms with van der Waals surface area (Å²) in [6.07, 6.45) is -1.40. The normalized spacial score (nSPS) is 17.5. The second kappa shape index (κ2) is 7.39. The predicted molar refractivity (Wildman–Crippen MR) is 89.6 cm³/mol. The van der Waals surface area contributed by atoms with Gasteiger partial charge in [-0.1, -0.05) is 24.2 Å². The summed E-state index contributed by atoms with van der Waals surface area (Å²) in [6.45, 7) is 2.48. The van der Waals surface area contributed by atoms with E-state index in [2.05, 4.69) is 10.5 Å². The van der Waals surface area contributed by atoms with E-state index in [1.165, 1.54) is 23.1 Å². The topological polar surface area (TPSA) is 58.4 Å². The van der Waals surface area contributed by atoms with Gasteiger partial charge in [0.25, 0.3) is 0 Å². The molecule has 2 aromatic rings. The van der Waals surface area contributed by atoms with Gasteiger partial charge in [0.15, 0.2) is 0 Å². The Hall–Kier alpha value is -2.51. The van der Waals surface area contributed by atoms with E-state index in [1.54, 1.807) is 0 Å². The molecule has 1 saturated heterocycles. The predicted octanol–water partition coefficient (Wildman–Crippen LogP) is 5.01. The third-order valence-electron chi connectivity index (χ3n) is 4.40. The van der Waals surface area contributed by atoms with Crippen LogP contribution in [0.3, 0.4) is 0 Å². The average molecular weight is 367 g/mol. The van der Waals surface area contributed by atoms with Crippen molar-refractivity contribution in [2.24, 2.45) is 0 Å². The van der Waals surface area contributed by atoms with Gasteiger partial charge < -0.3 is 14.7 Å². The lowest BCUT2D eigenvalue weighted by atomic mass is 10.1. The minimum atomic E-state index is -4.53. The van der Waals surface area contributed by atoms with Gasteiger partial charge in [-0.05, 0) is 31.4 Å². The number of alkyl halides is 3. The molecular formula is C18H20F3N3O2. The van der Waals surface area contributed by atoms with Crippen molar-refractivity contribution in [1.29, 1.82) is 0 Å². The lowest BCUT2D eigenvalue weighted by Gasteiger charge is -2.24. The van der Waals surface area contributed by atoms with Crippen molar-refractivity contribution in [3.63, 3.8) is 0 Å². The van der Waals surface area contributed by atoms with Crippen molar-refractivity contribution >= 4 is 11.7 Å². The molecule has 0 spiro atoms. The van der Waals surface area contributed by atoms with E-state index >= 15 is 0 Å². The number of carbonyl (C=O) groups excluding carboxylic acids is 1. The number of rotatable bonds is 4. The van der Waals surface area contributed by atoms with Crippen molar-refractivity contribution in [3.8, 4) is 0 Å². The Labute approximate surface area is 149 Å². The zero-order chi connectivity index (χ0) is 18.7. The van der Waals surface area contributed by atoms with Crippen molar-refractivity contribution in [1.82, 2.24) is 10.1 Å². The molecule has 140 valence electrons. The quantitative estimate of drug-likeness (QED) is 0.826. The van der Waals surface area contributed by atoms with Gasteiger partial charge in [-0.15, -0.1) is 0 Å². The summed E-state index contributed by atoms with van der Waals surface area (Å²) in [5.74, 6) is 0.747. The number of para-hydroxylation sites is 1. The Bertz CT molecular complexity index is 773. The fraction of sp³-hybridized carbons (Fsp3) is 0.444. The van der Waals surface area contributed by atoms with E-state index < -0.39 is 17.8 Å². The van der Waals surface area contributed by atoms with Gasteiger partial charge in [-0.2, -0.15) is 13.2 Å². The Balaban J connectivity index is 1.77. The minimum Gasteiger partial charge on any atom is -0.361 e. The van der Waals surface area contributed by atoms with E-state index in [0.717, 1.165) is 31.1 Å². The molecular weight excluding hydrogens is 347 g/mol. The molecule has 1 atom stereocenters. The highest BCUT2D eigenvalue weighted by Gasteiger charge is 2.36. The maximum absolute atomic E-state index is 13.1. The SMILES string of the molecule is CCCc1cc([C@H]2CCCN2C(=O)Nc2ccccc2C(F)(F)F)no1. The summed E-state index contributed by atoms with van der Waals surface area (Å²) >= 11 is 0. The van der Waals surface area contributed by atoms with E-state index in [0.29, 0.717) is 18.7 Å². The standard InChI is InChI=1S/C18H20F3N3O2/c1-2-6-12-11-15(23-26-12)16-9-5-10-24(16)17(25)22-14-8-4-3-7-13(14)18(19,20)21/h3-4,7-8,11,16H,2,5-6,9-10H2,1H3,(H,22,25)/t16-/m1/s1. The maximum Gasteiger partial charge on any atom is 0.418 e. The Morgan fingerprint density at radius 2 is 2.15 bits per heavy atom. The van der Waals surface area contributed by atoms with Crippen LogP contribution in [0.25, 0.3) is 0 Å². The Morgan fingerprint density at radius 1 is 1.38 bits per heavy atom. The molecule has 0 unspecified atom stereocenters. The third-order valence-corrected chi connectivity index (χ3v) is 4.40. The van der Waals surface area contributed by atoms with E-state index in [9.17, 15) is 18.0 Å². The van der Waals surface area contributed by atoms with Gasteiger partial charge in [0.2, 0.25) is 0 Å². The molecule has 2 amide bonds. The number of aryl methyl sites for hydroxylation is 1. The third kappa shape index (κ3) is 3.84. The van der Waals surface area contributed by atoms with Crippen molar-refractivity contribution < 1.29 is 22.5 Å². The Kier molecular flexibility index (Phi) is 5.20. The number of likely N-dealkylation sites (tertiary alicyclic amines) is 1. The minimum absolute atomic E-state index is 0.248. The summed E-state index contributed by atoms with van der Waals surface area (Å²) in [7, 11) is 0. The zero-order valence-corrected chi connectivity index (χ0v) is 14.3. The van der Waals surface area contributed by atoms with Crippen LogP contribution in [0.2, 0.25) is 0 Å². The highest BCUT2D eigenvalue weighted by molar-refractivity contribution is 5.90. The van der Waals surface area contributed by atoms with Gasteiger partial charge in [-0.25, -0.2) is 4.79 Å². The highest BCUT2D eigenvalue weighted by Crippen LogP contribution is 2.36. The molecule has 1 fully saturated rings. The lowest BCUT2D eigenvalue weighted by molar-refractivity contribution is -0.136. The molecule has 0 saturated carbocycles. The first-order valence-electron chi connectivity index (χ1n) is 8.59. The van der Waals surface area contributed by atoms with Crippen LogP contribution >= 0.6 is 0 Å². The van der Waals surface area contributed by atoms with Crippen LogP contribution in [0.1, 0.15) is 49.2 Å². The number of amides is 2. The molecule has 1 aliphatic heterocycles. The molecule has 26 heavy (non-hydrogen) atoms. The molecule has 0 bridgehead atoms. The first-order chi connectivity index (χ1) is 12.4. The number of hydrogen-bond donors (Lipinski definition) is 1. The number of nitrogens with zero attached hydrogens (tertiary/aromatic N) is 2. The fourth-order valence-electron chi connectivity index (χ4n) is 3.19. The van der Waals surface area contributed by atoms with Gasteiger partial charge in [0, 0.05) is 19.0 Å². The van der Waals surface area contributed by atoms with Crippen molar-refractivity contribution in [3.05, 3.63) is 47.3 Å². The second-order valence-electron chi connectivity index (χ2n) is 6.29. The Morgan fingerprint density at radius 3 is 2.88 bits per heavy atom. The number of halogens is 3. The zero-order valence-electron chi connectivity index (χ0n) is 14.3. The molecule has 3 rings (SSSR count). The maximum atomic E-state index is 13.1. The lowest BCUT2D eigenvalue weighted by Crippen LogP contribution is -2.35. The van der Waals surface area contributed by atoms with Gasteiger partial charge in [-0.3, -0.25) is 0 Å². The number of carbonyl (C=O) groups is 1. The molecule has 2 heterocycles. The van der Waals surface area contributed by atoms with Crippen LogP contribution in [-0.4, -0.2) is 22.6 Å². The smallest absolute Gasteiger partial charge is 0.361 e. The van der Waals surface area contributed by atoms with E-state index in [1.807, 2.05) is 13.0 Å². The first-order valence-corrected chi connectivity index (χ1v) is 8.59. The van der Waals surface area contributed by atoms with Gasteiger partial charge in [0.1, 0.15) is 11.5 Å². The number of hydrogen-bond acceptors (Lipinski definition) is 3. The van der Waals surface area contributed by atoms with Crippen LogP contribution in [0.5, 0.6) is 0 Å². The van der Waals surface area contributed by atoms with Crippen LogP contribution < -0.4 is 5.32 Å². The molecule has 5 nitrogen and oxygen atoms in total. The average Bonchev–Trinajstić information content (AvgIpc) is 3.23.